The molecule has 5 heteroatoms. The Morgan fingerprint density at radius 3 is 2.52 bits per heavy atom. The Kier molecular flexibility index (Phi) is 5.25. The zero-order valence-electron chi connectivity index (χ0n) is 11.8. The van der Waals surface area contributed by atoms with Crippen LogP contribution in [0.1, 0.15) is 24.1 Å². The molecule has 2 rings (SSSR count). The smallest absolute Gasteiger partial charge is 0.105 e. The Bertz CT molecular complexity index is 675. The van der Waals surface area contributed by atoms with Crippen LogP contribution in [-0.2, 0) is 0 Å². The van der Waals surface area contributed by atoms with Gasteiger partial charge >= 0.3 is 0 Å². The Morgan fingerprint density at radius 2 is 1.95 bits per heavy atom. The van der Waals surface area contributed by atoms with Crippen LogP contribution in [0.25, 0.3) is 0 Å². The van der Waals surface area contributed by atoms with E-state index in [0.717, 1.165) is 26.3 Å². The first kappa shape index (κ1) is 16.3. The highest BCUT2D eigenvalue weighted by molar-refractivity contribution is 9.10. The maximum Gasteiger partial charge on any atom is 0.105 e. The Hall–Kier alpha value is -1.10. The van der Waals surface area contributed by atoms with Crippen molar-refractivity contribution in [3.05, 3.63) is 63.1 Å². The van der Waals surface area contributed by atoms with E-state index in [4.69, 9.17) is 29.6 Å². The number of hydrogen-bond acceptors (Lipinski definition) is 2. The van der Waals surface area contributed by atoms with E-state index >= 15 is 0 Å². The minimum Gasteiger partial charge on any atom is -0.389 e. The van der Waals surface area contributed by atoms with Crippen LogP contribution in [0.3, 0.4) is 0 Å². The molecular weight excluding hydrogens is 368 g/mol. The lowest BCUT2D eigenvalue weighted by molar-refractivity contribution is 0.740. The molecule has 0 aliphatic carbocycles. The van der Waals surface area contributed by atoms with Gasteiger partial charge in [0.15, 0.2) is 0 Å². The second-order valence-corrected chi connectivity index (χ2v) is 6.54. The fraction of sp³-hybridized carbons (Fsp3) is 0.188. The van der Waals surface area contributed by atoms with Crippen molar-refractivity contribution in [1.29, 1.82) is 0 Å². The molecule has 1 unspecified atom stereocenters. The molecule has 0 fully saturated rings. The minimum atomic E-state index is 0.154. The van der Waals surface area contributed by atoms with Gasteiger partial charge in [-0.2, -0.15) is 0 Å². The largest absolute Gasteiger partial charge is 0.389 e. The van der Waals surface area contributed by atoms with E-state index in [2.05, 4.69) is 27.8 Å². The average molecular weight is 384 g/mol. The molecule has 1 atom stereocenters. The molecular formula is C16H16BrClN2S. The van der Waals surface area contributed by atoms with Gasteiger partial charge in [0.05, 0.1) is 6.04 Å². The molecule has 0 saturated carbocycles. The third kappa shape index (κ3) is 3.57. The van der Waals surface area contributed by atoms with Crippen LogP contribution in [0.5, 0.6) is 0 Å². The number of benzene rings is 2. The van der Waals surface area contributed by atoms with Gasteiger partial charge < -0.3 is 10.6 Å². The van der Waals surface area contributed by atoms with Gasteiger partial charge in [0.2, 0.25) is 0 Å². The summed E-state index contributed by atoms with van der Waals surface area (Å²) in [6, 6.07) is 14.0. The Balaban J connectivity index is 2.32. The van der Waals surface area contributed by atoms with Gasteiger partial charge in [-0.1, -0.05) is 42.0 Å². The lowest BCUT2D eigenvalue weighted by Crippen LogP contribution is -2.22. The third-order valence-electron chi connectivity index (χ3n) is 3.56. The molecule has 0 aliphatic heterocycles. The molecule has 21 heavy (non-hydrogen) atoms. The molecule has 2 N–H and O–H groups in total. The summed E-state index contributed by atoms with van der Waals surface area (Å²) in [6.45, 7) is 2.12. The lowest BCUT2D eigenvalue weighted by Gasteiger charge is -2.28. The summed E-state index contributed by atoms with van der Waals surface area (Å²) >= 11 is 14.8. The van der Waals surface area contributed by atoms with Crippen molar-refractivity contribution in [3.63, 3.8) is 0 Å². The quantitative estimate of drug-likeness (QED) is 0.759. The molecule has 2 nitrogen and oxygen atoms in total. The van der Waals surface area contributed by atoms with E-state index in [-0.39, 0.29) is 6.04 Å². The van der Waals surface area contributed by atoms with E-state index < -0.39 is 0 Å². The molecule has 2 aromatic rings. The zero-order valence-corrected chi connectivity index (χ0v) is 15.0. The SMILES string of the molecule is CC(c1ccccc1Cl)N(C)c1ccc(C(N)=S)c(Br)c1. The van der Waals surface area contributed by atoms with E-state index in [1.165, 1.54) is 0 Å². The van der Waals surface area contributed by atoms with Crippen molar-refractivity contribution in [2.75, 3.05) is 11.9 Å². The van der Waals surface area contributed by atoms with E-state index in [1.54, 1.807) is 0 Å². The molecule has 0 aliphatic rings. The number of hydrogen-bond donors (Lipinski definition) is 1. The van der Waals surface area contributed by atoms with Crippen LogP contribution in [0.2, 0.25) is 5.02 Å². The van der Waals surface area contributed by atoms with Crippen molar-refractivity contribution in [2.24, 2.45) is 5.73 Å². The van der Waals surface area contributed by atoms with E-state index in [1.807, 2.05) is 49.5 Å². The predicted molar refractivity (Wildman–Crippen MR) is 98.3 cm³/mol. The second-order valence-electron chi connectivity index (χ2n) is 4.84. The van der Waals surface area contributed by atoms with Gasteiger partial charge in [0, 0.05) is 27.8 Å². The van der Waals surface area contributed by atoms with Crippen LogP contribution in [0.15, 0.2) is 46.9 Å². The summed E-state index contributed by atoms with van der Waals surface area (Å²) in [7, 11) is 2.04. The van der Waals surface area contributed by atoms with Crippen LogP contribution in [0.4, 0.5) is 5.69 Å². The van der Waals surface area contributed by atoms with E-state index in [0.29, 0.717) is 4.99 Å². The van der Waals surface area contributed by atoms with Crippen LogP contribution >= 0.6 is 39.7 Å². The molecule has 0 spiro atoms. The summed E-state index contributed by atoms with van der Waals surface area (Å²) in [6.07, 6.45) is 0. The Morgan fingerprint density at radius 1 is 1.29 bits per heavy atom. The molecule has 0 aromatic heterocycles. The van der Waals surface area contributed by atoms with Gasteiger partial charge in [-0.3, -0.25) is 0 Å². The van der Waals surface area contributed by atoms with Gasteiger partial charge in [0.25, 0.3) is 0 Å². The van der Waals surface area contributed by atoms with Crippen LogP contribution < -0.4 is 10.6 Å². The first-order valence-corrected chi connectivity index (χ1v) is 8.06. The molecule has 2 aromatic carbocycles. The number of thiocarbonyl (C=S) groups is 1. The number of rotatable bonds is 4. The first-order chi connectivity index (χ1) is 9.91. The lowest BCUT2D eigenvalue weighted by atomic mass is 10.1. The van der Waals surface area contributed by atoms with E-state index in [9.17, 15) is 0 Å². The number of nitrogens with two attached hydrogens (primary N) is 1. The summed E-state index contributed by atoms with van der Waals surface area (Å²) < 4.78 is 0.894. The maximum atomic E-state index is 6.28. The van der Waals surface area contributed by atoms with Gasteiger partial charge in [0.1, 0.15) is 4.99 Å². The molecule has 0 amide bonds. The number of anilines is 1. The van der Waals surface area contributed by atoms with Crippen LogP contribution in [-0.4, -0.2) is 12.0 Å². The van der Waals surface area contributed by atoms with Crippen molar-refractivity contribution >= 4 is 50.4 Å². The van der Waals surface area contributed by atoms with Crippen molar-refractivity contribution in [2.45, 2.75) is 13.0 Å². The minimum absolute atomic E-state index is 0.154. The number of nitrogens with zero attached hydrogens (tertiary/aromatic N) is 1. The summed E-state index contributed by atoms with van der Waals surface area (Å²) in [5.74, 6) is 0. The average Bonchev–Trinajstić information content (AvgIpc) is 2.45. The van der Waals surface area contributed by atoms with Crippen molar-refractivity contribution < 1.29 is 0 Å². The molecule has 0 saturated heterocycles. The number of halogens is 2. The third-order valence-corrected chi connectivity index (χ3v) is 4.78. The van der Waals surface area contributed by atoms with Gasteiger partial charge in [-0.15, -0.1) is 0 Å². The second kappa shape index (κ2) is 6.77. The molecule has 0 heterocycles. The zero-order chi connectivity index (χ0) is 15.6. The highest BCUT2D eigenvalue weighted by Gasteiger charge is 2.16. The van der Waals surface area contributed by atoms with Crippen molar-refractivity contribution in [1.82, 2.24) is 0 Å². The monoisotopic (exact) mass is 382 g/mol. The fourth-order valence-corrected chi connectivity index (χ4v) is 3.35. The fourth-order valence-electron chi connectivity index (χ4n) is 2.17. The molecule has 0 radical (unpaired) electrons. The van der Waals surface area contributed by atoms with Gasteiger partial charge in [-0.25, -0.2) is 0 Å². The highest BCUT2D eigenvalue weighted by Crippen LogP contribution is 2.32. The van der Waals surface area contributed by atoms with Crippen molar-refractivity contribution in [3.8, 4) is 0 Å². The maximum absolute atomic E-state index is 6.28. The highest BCUT2D eigenvalue weighted by atomic mass is 79.9. The van der Waals surface area contributed by atoms with Crippen LogP contribution in [0, 0.1) is 0 Å². The van der Waals surface area contributed by atoms with Gasteiger partial charge in [-0.05, 0) is 52.7 Å². The standard InChI is InChI=1S/C16H16BrClN2S/c1-10(12-5-3-4-6-15(12)18)20(2)11-7-8-13(16(19)21)14(17)9-11/h3-10H,1-2H3,(H2,19,21). The Labute approximate surface area is 144 Å². The molecule has 110 valence electrons. The molecule has 0 bridgehead atoms. The summed E-state index contributed by atoms with van der Waals surface area (Å²) in [5, 5.41) is 0.774. The topological polar surface area (TPSA) is 29.3 Å². The normalized spacial score (nSPS) is 12.0. The summed E-state index contributed by atoms with van der Waals surface area (Å²) in [5.41, 5.74) is 8.68. The first-order valence-electron chi connectivity index (χ1n) is 6.48. The predicted octanol–water partition coefficient (Wildman–Crippen LogP) is 4.93. The summed E-state index contributed by atoms with van der Waals surface area (Å²) in [4.78, 5) is 2.55.